The lowest BCUT2D eigenvalue weighted by Crippen LogP contribution is -2.21. The third kappa shape index (κ3) is 5.49. The Kier molecular flexibility index (Phi) is 7.65. The molecule has 0 unspecified atom stereocenters. The second-order valence-corrected chi connectivity index (χ2v) is 7.41. The van der Waals surface area contributed by atoms with Gasteiger partial charge in [-0.1, -0.05) is 18.5 Å². The maximum Gasteiger partial charge on any atom is 0.162 e. The minimum atomic E-state index is -0.472. The van der Waals surface area contributed by atoms with E-state index in [1.54, 1.807) is 13.2 Å². The summed E-state index contributed by atoms with van der Waals surface area (Å²) in [4.78, 5) is 10.9. The van der Waals surface area contributed by atoms with Crippen molar-refractivity contribution in [2.75, 3.05) is 39.2 Å². The predicted molar refractivity (Wildman–Crippen MR) is 119 cm³/mol. The largest absolute Gasteiger partial charge is 0.493 e. The van der Waals surface area contributed by atoms with E-state index in [0.717, 1.165) is 31.3 Å². The third-order valence-corrected chi connectivity index (χ3v) is 4.94. The molecule has 0 bridgehead atoms. The average molecular weight is 433 g/mol. The van der Waals surface area contributed by atoms with Gasteiger partial charge in [0, 0.05) is 23.7 Å². The molecule has 0 aliphatic heterocycles. The highest BCUT2D eigenvalue weighted by Gasteiger charge is 2.12. The Morgan fingerprint density at radius 1 is 1.13 bits per heavy atom. The number of aromatic nitrogens is 2. The van der Waals surface area contributed by atoms with E-state index in [9.17, 15) is 4.39 Å². The van der Waals surface area contributed by atoms with Crippen LogP contribution in [0.2, 0.25) is 5.02 Å². The first-order valence-electron chi connectivity index (χ1n) is 9.88. The molecule has 0 aliphatic carbocycles. The van der Waals surface area contributed by atoms with Gasteiger partial charge in [-0.2, -0.15) is 0 Å². The van der Waals surface area contributed by atoms with E-state index in [1.807, 2.05) is 12.1 Å². The van der Waals surface area contributed by atoms with Crippen LogP contribution < -0.4 is 14.8 Å². The SMILES string of the molecule is CCCN(C)CCCOc1cc2c(Nc3ccc(F)c(Cl)c3)ncnc2cc1OC. The third-order valence-electron chi connectivity index (χ3n) is 4.65. The minimum absolute atomic E-state index is 0.0390. The highest BCUT2D eigenvalue weighted by atomic mass is 35.5. The van der Waals surface area contributed by atoms with E-state index >= 15 is 0 Å². The molecule has 3 aromatic rings. The first-order chi connectivity index (χ1) is 14.5. The lowest BCUT2D eigenvalue weighted by molar-refractivity contribution is 0.254. The predicted octanol–water partition coefficient (Wildman–Crippen LogP) is 5.29. The number of anilines is 2. The van der Waals surface area contributed by atoms with Crippen molar-refractivity contribution in [3.63, 3.8) is 0 Å². The topological polar surface area (TPSA) is 59.5 Å². The normalized spacial score (nSPS) is 11.1. The molecule has 1 heterocycles. The van der Waals surface area contributed by atoms with Gasteiger partial charge in [0.1, 0.15) is 18.0 Å². The molecule has 3 rings (SSSR count). The van der Waals surface area contributed by atoms with Gasteiger partial charge in [-0.15, -0.1) is 0 Å². The summed E-state index contributed by atoms with van der Waals surface area (Å²) in [6.07, 6.45) is 3.49. The Morgan fingerprint density at radius 3 is 2.70 bits per heavy atom. The van der Waals surface area contributed by atoms with Crippen LogP contribution in [0.5, 0.6) is 11.5 Å². The molecular formula is C22H26ClFN4O2. The lowest BCUT2D eigenvalue weighted by Gasteiger charge is -2.17. The van der Waals surface area contributed by atoms with Crippen LogP contribution in [-0.4, -0.2) is 48.7 Å². The summed E-state index contributed by atoms with van der Waals surface area (Å²) >= 11 is 5.89. The number of halogens is 2. The van der Waals surface area contributed by atoms with Gasteiger partial charge in [0.05, 0.1) is 24.3 Å². The highest BCUT2D eigenvalue weighted by molar-refractivity contribution is 6.31. The summed E-state index contributed by atoms with van der Waals surface area (Å²) in [5.74, 6) is 1.33. The first-order valence-corrected chi connectivity index (χ1v) is 10.3. The Bertz CT molecular complexity index is 1000. The molecule has 0 amide bonds. The van der Waals surface area contributed by atoms with Crippen LogP contribution in [0.25, 0.3) is 10.9 Å². The number of methoxy groups -OCH3 is 1. The summed E-state index contributed by atoms with van der Waals surface area (Å²) < 4.78 is 24.9. The first kappa shape index (κ1) is 22.1. The summed E-state index contributed by atoms with van der Waals surface area (Å²) in [6, 6.07) is 8.10. The van der Waals surface area contributed by atoms with Crippen molar-refractivity contribution in [3.05, 3.63) is 47.5 Å². The van der Waals surface area contributed by atoms with Crippen molar-refractivity contribution < 1.29 is 13.9 Å². The average Bonchev–Trinajstić information content (AvgIpc) is 2.74. The number of ether oxygens (including phenoxy) is 2. The number of nitrogens with one attached hydrogen (secondary N) is 1. The summed E-state index contributed by atoms with van der Waals surface area (Å²) in [7, 11) is 3.71. The standard InChI is InChI=1S/C22H26ClFN4O2/c1-4-8-28(2)9-5-10-30-21-12-16-19(13-20(21)29-3)25-14-26-22(16)27-15-6-7-18(24)17(23)11-15/h6-7,11-14H,4-5,8-10H2,1-3H3,(H,25,26,27). The van der Waals surface area contributed by atoms with Crippen LogP contribution >= 0.6 is 11.6 Å². The molecule has 0 atom stereocenters. The zero-order valence-corrected chi connectivity index (χ0v) is 18.2. The second-order valence-electron chi connectivity index (χ2n) is 7.00. The molecule has 8 heteroatoms. The van der Waals surface area contributed by atoms with Crippen LogP contribution in [0.1, 0.15) is 19.8 Å². The van der Waals surface area contributed by atoms with Crippen molar-refractivity contribution in [1.29, 1.82) is 0 Å². The molecule has 0 saturated carbocycles. The fourth-order valence-electron chi connectivity index (χ4n) is 3.16. The molecule has 0 radical (unpaired) electrons. The number of nitrogens with zero attached hydrogens (tertiary/aromatic N) is 3. The van der Waals surface area contributed by atoms with Crippen molar-refractivity contribution in [2.45, 2.75) is 19.8 Å². The fourth-order valence-corrected chi connectivity index (χ4v) is 3.34. The Labute approximate surface area is 181 Å². The molecule has 160 valence electrons. The molecular weight excluding hydrogens is 407 g/mol. The van der Waals surface area contributed by atoms with E-state index in [2.05, 4.69) is 34.2 Å². The van der Waals surface area contributed by atoms with Gasteiger partial charge in [0.2, 0.25) is 0 Å². The number of fused-ring (bicyclic) bond motifs is 1. The smallest absolute Gasteiger partial charge is 0.162 e. The Hall–Kier alpha value is -2.64. The number of hydrogen-bond donors (Lipinski definition) is 1. The van der Waals surface area contributed by atoms with Gasteiger partial charge in [0.25, 0.3) is 0 Å². The van der Waals surface area contributed by atoms with Crippen LogP contribution in [0.15, 0.2) is 36.7 Å². The van der Waals surface area contributed by atoms with Crippen molar-refractivity contribution in [1.82, 2.24) is 14.9 Å². The highest BCUT2D eigenvalue weighted by Crippen LogP contribution is 2.35. The van der Waals surface area contributed by atoms with Gasteiger partial charge < -0.3 is 19.7 Å². The molecule has 1 N–H and O–H groups in total. The van der Waals surface area contributed by atoms with Gasteiger partial charge in [-0.25, -0.2) is 14.4 Å². The van der Waals surface area contributed by atoms with Gasteiger partial charge in [-0.3, -0.25) is 0 Å². The van der Waals surface area contributed by atoms with Crippen LogP contribution in [-0.2, 0) is 0 Å². The Morgan fingerprint density at radius 2 is 1.97 bits per heavy atom. The molecule has 6 nitrogen and oxygen atoms in total. The van der Waals surface area contributed by atoms with E-state index in [-0.39, 0.29) is 5.02 Å². The lowest BCUT2D eigenvalue weighted by atomic mass is 10.2. The van der Waals surface area contributed by atoms with Crippen LogP contribution in [0, 0.1) is 5.82 Å². The maximum absolute atomic E-state index is 13.4. The molecule has 1 aromatic heterocycles. The quantitative estimate of drug-likeness (QED) is 0.439. The monoisotopic (exact) mass is 432 g/mol. The number of benzene rings is 2. The zero-order chi connectivity index (χ0) is 21.5. The van der Waals surface area contributed by atoms with E-state index in [4.69, 9.17) is 21.1 Å². The van der Waals surface area contributed by atoms with Gasteiger partial charge in [0.15, 0.2) is 11.5 Å². The molecule has 30 heavy (non-hydrogen) atoms. The minimum Gasteiger partial charge on any atom is -0.493 e. The second kappa shape index (κ2) is 10.4. The van der Waals surface area contributed by atoms with Gasteiger partial charge >= 0.3 is 0 Å². The molecule has 0 aliphatic rings. The number of hydrogen-bond acceptors (Lipinski definition) is 6. The fraction of sp³-hybridized carbons (Fsp3) is 0.364. The molecule has 2 aromatic carbocycles. The van der Waals surface area contributed by atoms with Crippen molar-refractivity contribution in [2.24, 2.45) is 0 Å². The van der Waals surface area contributed by atoms with Crippen LogP contribution in [0.4, 0.5) is 15.9 Å². The molecule has 0 spiro atoms. The van der Waals surface area contributed by atoms with Crippen LogP contribution in [0.3, 0.4) is 0 Å². The summed E-state index contributed by atoms with van der Waals surface area (Å²) in [5, 5.41) is 3.97. The number of rotatable bonds is 10. The molecule has 0 saturated heterocycles. The van der Waals surface area contributed by atoms with E-state index in [0.29, 0.717) is 35.1 Å². The molecule has 0 fully saturated rings. The van der Waals surface area contributed by atoms with E-state index in [1.165, 1.54) is 18.5 Å². The Balaban J connectivity index is 1.81. The van der Waals surface area contributed by atoms with E-state index < -0.39 is 5.82 Å². The summed E-state index contributed by atoms with van der Waals surface area (Å²) in [5.41, 5.74) is 1.33. The zero-order valence-electron chi connectivity index (χ0n) is 17.4. The van der Waals surface area contributed by atoms with Crippen molar-refractivity contribution >= 4 is 34.0 Å². The summed E-state index contributed by atoms with van der Waals surface area (Å²) in [6.45, 7) is 4.77. The van der Waals surface area contributed by atoms with Gasteiger partial charge in [-0.05, 0) is 50.7 Å². The maximum atomic E-state index is 13.4. The van der Waals surface area contributed by atoms with Crippen molar-refractivity contribution in [3.8, 4) is 11.5 Å².